The zero-order valence-corrected chi connectivity index (χ0v) is 9.77. The van der Waals surface area contributed by atoms with Gasteiger partial charge in [0.1, 0.15) is 0 Å². The van der Waals surface area contributed by atoms with E-state index in [9.17, 15) is 0 Å². The lowest BCUT2D eigenvalue weighted by Gasteiger charge is -2.29. The third-order valence-electron chi connectivity index (χ3n) is 3.23. The molecule has 0 aliphatic rings. The molecule has 0 bridgehead atoms. The zero-order valence-electron chi connectivity index (χ0n) is 9.77. The summed E-state index contributed by atoms with van der Waals surface area (Å²) in [6.07, 6.45) is 6.58. The van der Waals surface area contributed by atoms with Gasteiger partial charge >= 0.3 is 0 Å². The van der Waals surface area contributed by atoms with Crippen LogP contribution in [0.5, 0.6) is 0 Å². The summed E-state index contributed by atoms with van der Waals surface area (Å²) in [5.74, 6) is 0.634. The van der Waals surface area contributed by atoms with Crippen LogP contribution in [-0.4, -0.2) is 11.7 Å². The van der Waals surface area contributed by atoms with Gasteiger partial charge in [0.05, 0.1) is 0 Å². The highest BCUT2D eigenvalue weighted by Gasteiger charge is 2.23. The van der Waals surface area contributed by atoms with E-state index in [0.717, 1.165) is 0 Å². The quantitative estimate of drug-likeness (QED) is 0.602. The first-order valence-corrected chi connectivity index (χ1v) is 5.65. The Bertz CT molecular complexity index is 118. The SMILES string of the molecule is CCCCCCC(C)C(C)(C)CO. The second-order valence-electron chi connectivity index (χ2n) is 4.90. The number of rotatable bonds is 7. The van der Waals surface area contributed by atoms with Crippen LogP contribution in [0.3, 0.4) is 0 Å². The van der Waals surface area contributed by atoms with E-state index in [1.165, 1.54) is 32.1 Å². The van der Waals surface area contributed by atoms with E-state index in [4.69, 9.17) is 5.11 Å². The third kappa shape index (κ3) is 5.30. The van der Waals surface area contributed by atoms with Crippen LogP contribution < -0.4 is 0 Å². The first-order valence-electron chi connectivity index (χ1n) is 5.65. The lowest BCUT2D eigenvalue weighted by molar-refractivity contribution is 0.0985. The molecule has 80 valence electrons. The summed E-state index contributed by atoms with van der Waals surface area (Å²) in [6.45, 7) is 9.10. The molecule has 0 aliphatic carbocycles. The predicted molar refractivity (Wildman–Crippen MR) is 58.8 cm³/mol. The minimum Gasteiger partial charge on any atom is -0.396 e. The van der Waals surface area contributed by atoms with Gasteiger partial charge in [-0.25, -0.2) is 0 Å². The van der Waals surface area contributed by atoms with Crippen molar-refractivity contribution in [2.24, 2.45) is 11.3 Å². The molecular formula is C12H26O. The molecule has 1 nitrogen and oxygen atoms in total. The summed E-state index contributed by atoms with van der Waals surface area (Å²) in [6, 6.07) is 0. The summed E-state index contributed by atoms with van der Waals surface area (Å²) in [5, 5.41) is 9.17. The van der Waals surface area contributed by atoms with Gasteiger partial charge in [-0.15, -0.1) is 0 Å². The monoisotopic (exact) mass is 186 g/mol. The highest BCUT2D eigenvalue weighted by atomic mass is 16.3. The van der Waals surface area contributed by atoms with Crippen LogP contribution in [0.4, 0.5) is 0 Å². The van der Waals surface area contributed by atoms with E-state index in [1.54, 1.807) is 0 Å². The van der Waals surface area contributed by atoms with E-state index in [2.05, 4.69) is 27.7 Å². The van der Waals surface area contributed by atoms with Crippen LogP contribution in [0.25, 0.3) is 0 Å². The molecule has 1 atom stereocenters. The Morgan fingerprint density at radius 2 is 1.77 bits per heavy atom. The second-order valence-corrected chi connectivity index (χ2v) is 4.90. The first-order chi connectivity index (χ1) is 6.04. The zero-order chi connectivity index (χ0) is 10.3. The summed E-state index contributed by atoms with van der Waals surface area (Å²) in [7, 11) is 0. The first kappa shape index (κ1) is 13.0. The summed E-state index contributed by atoms with van der Waals surface area (Å²) < 4.78 is 0. The van der Waals surface area contributed by atoms with Gasteiger partial charge in [-0.3, -0.25) is 0 Å². The van der Waals surface area contributed by atoms with Crippen molar-refractivity contribution in [3.63, 3.8) is 0 Å². The lowest BCUT2D eigenvalue weighted by Crippen LogP contribution is -2.25. The molecule has 1 N–H and O–H groups in total. The van der Waals surface area contributed by atoms with Crippen molar-refractivity contribution in [2.75, 3.05) is 6.61 Å². The number of aliphatic hydroxyl groups excluding tert-OH is 1. The maximum absolute atomic E-state index is 9.17. The van der Waals surface area contributed by atoms with Crippen LogP contribution in [0.1, 0.15) is 59.8 Å². The Hall–Kier alpha value is -0.0400. The molecule has 0 spiro atoms. The van der Waals surface area contributed by atoms with Gasteiger partial charge < -0.3 is 5.11 Å². The maximum Gasteiger partial charge on any atom is 0.0484 e. The predicted octanol–water partition coefficient (Wildman–Crippen LogP) is 3.61. The summed E-state index contributed by atoms with van der Waals surface area (Å²) >= 11 is 0. The van der Waals surface area contributed by atoms with Gasteiger partial charge in [-0.05, 0) is 11.3 Å². The molecule has 0 radical (unpaired) electrons. The highest BCUT2D eigenvalue weighted by Crippen LogP contribution is 2.29. The van der Waals surface area contributed by atoms with Crippen molar-refractivity contribution < 1.29 is 5.11 Å². The van der Waals surface area contributed by atoms with Gasteiger partial charge in [0, 0.05) is 6.61 Å². The Labute approximate surface area is 83.5 Å². The molecule has 0 rings (SSSR count). The van der Waals surface area contributed by atoms with Crippen molar-refractivity contribution in [1.29, 1.82) is 0 Å². The number of hydrogen-bond donors (Lipinski definition) is 1. The van der Waals surface area contributed by atoms with Crippen LogP contribution >= 0.6 is 0 Å². The molecule has 0 saturated heterocycles. The Morgan fingerprint density at radius 3 is 2.23 bits per heavy atom. The van der Waals surface area contributed by atoms with Gasteiger partial charge in [0.15, 0.2) is 0 Å². The molecule has 0 fully saturated rings. The van der Waals surface area contributed by atoms with E-state index in [-0.39, 0.29) is 5.41 Å². The van der Waals surface area contributed by atoms with Gasteiger partial charge in [0.25, 0.3) is 0 Å². The fraction of sp³-hybridized carbons (Fsp3) is 1.00. The maximum atomic E-state index is 9.17. The van der Waals surface area contributed by atoms with E-state index in [0.29, 0.717) is 12.5 Å². The van der Waals surface area contributed by atoms with Crippen LogP contribution in [0.2, 0.25) is 0 Å². The lowest BCUT2D eigenvalue weighted by atomic mass is 9.78. The molecule has 0 aromatic heterocycles. The molecule has 1 unspecified atom stereocenters. The smallest absolute Gasteiger partial charge is 0.0484 e. The van der Waals surface area contributed by atoms with Crippen molar-refractivity contribution >= 4 is 0 Å². The second kappa shape index (κ2) is 6.42. The molecule has 13 heavy (non-hydrogen) atoms. The topological polar surface area (TPSA) is 20.2 Å². The normalized spacial score (nSPS) is 14.5. The molecule has 0 heterocycles. The van der Waals surface area contributed by atoms with E-state index < -0.39 is 0 Å². The van der Waals surface area contributed by atoms with E-state index >= 15 is 0 Å². The molecule has 0 saturated carbocycles. The fourth-order valence-electron chi connectivity index (χ4n) is 1.42. The van der Waals surface area contributed by atoms with Gasteiger partial charge in [-0.1, -0.05) is 59.8 Å². The summed E-state index contributed by atoms with van der Waals surface area (Å²) in [4.78, 5) is 0. The van der Waals surface area contributed by atoms with Crippen molar-refractivity contribution in [3.05, 3.63) is 0 Å². The molecule has 1 heteroatoms. The number of hydrogen-bond acceptors (Lipinski definition) is 1. The Balaban J connectivity index is 3.55. The van der Waals surface area contributed by atoms with Crippen LogP contribution in [0.15, 0.2) is 0 Å². The standard InChI is InChI=1S/C12H26O/c1-5-6-7-8-9-11(2)12(3,4)10-13/h11,13H,5-10H2,1-4H3. The van der Waals surface area contributed by atoms with Crippen LogP contribution in [0, 0.1) is 11.3 Å². The minimum absolute atomic E-state index is 0.103. The molecule has 0 aromatic rings. The van der Waals surface area contributed by atoms with Gasteiger partial charge in [-0.2, -0.15) is 0 Å². The summed E-state index contributed by atoms with van der Waals surface area (Å²) in [5.41, 5.74) is 0.103. The van der Waals surface area contributed by atoms with Crippen LogP contribution in [-0.2, 0) is 0 Å². The van der Waals surface area contributed by atoms with E-state index in [1.807, 2.05) is 0 Å². The molecule has 0 aliphatic heterocycles. The third-order valence-corrected chi connectivity index (χ3v) is 3.23. The van der Waals surface area contributed by atoms with Gasteiger partial charge in [0.2, 0.25) is 0 Å². The van der Waals surface area contributed by atoms with Crippen molar-refractivity contribution in [3.8, 4) is 0 Å². The average molecular weight is 186 g/mol. The molecule has 0 aromatic carbocycles. The highest BCUT2D eigenvalue weighted by molar-refractivity contribution is 4.73. The average Bonchev–Trinajstić information content (AvgIpc) is 2.12. The largest absolute Gasteiger partial charge is 0.396 e. The Kier molecular flexibility index (Phi) is 6.40. The van der Waals surface area contributed by atoms with Crippen molar-refractivity contribution in [1.82, 2.24) is 0 Å². The number of unbranched alkanes of at least 4 members (excludes halogenated alkanes) is 3. The fourth-order valence-corrected chi connectivity index (χ4v) is 1.42. The molecular weight excluding hydrogens is 160 g/mol. The Morgan fingerprint density at radius 1 is 1.15 bits per heavy atom. The number of aliphatic hydroxyl groups is 1. The molecule has 0 amide bonds. The minimum atomic E-state index is 0.103. The van der Waals surface area contributed by atoms with Crippen molar-refractivity contribution in [2.45, 2.75) is 59.8 Å².